The molecule has 0 aliphatic heterocycles. The summed E-state index contributed by atoms with van der Waals surface area (Å²) >= 11 is 11.4. The first-order valence-electron chi connectivity index (χ1n) is 9.03. The van der Waals surface area contributed by atoms with Crippen molar-refractivity contribution in [1.29, 1.82) is 0 Å². The van der Waals surface area contributed by atoms with E-state index >= 15 is 0 Å². The summed E-state index contributed by atoms with van der Waals surface area (Å²) in [5.41, 5.74) is 3.12. The molecule has 3 aromatic heterocycles. The standard InChI is InChI=1S/C20H19ClN4OS3/c1-26-9-4-8-25-18(16-5-2-3-6-17(16)21)23-24-20(25)29-13-15-12-28-19(22-15)14-7-10-27-11-14/h2-3,5-7,10-12H,4,8-9,13H2,1H3. The first-order valence-corrected chi connectivity index (χ1v) is 12.2. The molecule has 0 saturated heterocycles. The zero-order valence-electron chi connectivity index (χ0n) is 15.7. The summed E-state index contributed by atoms with van der Waals surface area (Å²) in [6, 6.07) is 9.83. The fraction of sp³-hybridized carbons (Fsp3) is 0.250. The average molecular weight is 463 g/mol. The minimum atomic E-state index is 0.671. The van der Waals surface area contributed by atoms with E-state index in [0.29, 0.717) is 11.6 Å². The zero-order chi connectivity index (χ0) is 20.1. The third-order valence-electron chi connectivity index (χ3n) is 4.23. The van der Waals surface area contributed by atoms with Crippen molar-refractivity contribution >= 4 is 46.0 Å². The van der Waals surface area contributed by atoms with Gasteiger partial charge in [-0.25, -0.2) is 4.98 Å². The number of aromatic nitrogens is 4. The molecule has 4 aromatic rings. The first kappa shape index (κ1) is 20.6. The number of halogens is 1. The molecule has 0 spiro atoms. The molecule has 0 radical (unpaired) electrons. The largest absolute Gasteiger partial charge is 0.385 e. The molecule has 150 valence electrons. The number of thiophene rings is 1. The summed E-state index contributed by atoms with van der Waals surface area (Å²) in [6.45, 7) is 1.45. The molecule has 0 fully saturated rings. The minimum Gasteiger partial charge on any atom is -0.385 e. The molecule has 9 heteroatoms. The second-order valence-corrected chi connectivity index (χ2v) is 9.22. The van der Waals surface area contributed by atoms with Crippen LogP contribution in [0.5, 0.6) is 0 Å². The molecule has 0 amide bonds. The molecule has 0 aliphatic carbocycles. The lowest BCUT2D eigenvalue weighted by molar-refractivity contribution is 0.189. The summed E-state index contributed by atoms with van der Waals surface area (Å²) in [6.07, 6.45) is 0.874. The summed E-state index contributed by atoms with van der Waals surface area (Å²) in [5.74, 6) is 1.53. The molecular formula is C20H19ClN4OS3. The van der Waals surface area contributed by atoms with Crippen molar-refractivity contribution in [1.82, 2.24) is 19.7 Å². The maximum Gasteiger partial charge on any atom is 0.191 e. The molecule has 0 N–H and O–H groups in total. The van der Waals surface area contributed by atoms with Crippen LogP contribution in [0.1, 0.15) is 12.1 Å². The first-order chi connectivity index (χ1) is 14.3. The second-order valence-electron chi connectivity index (χ2n) is 6.23. The van der Waals surface area contributed by atoms with Crippen molar-refractivity contribution in [2.45, 2.75) is 23.9 Å². The van der Waals surface area contributed by atoms with Gasteiger partial charge in [0, 0.05) is 47.9 Å². The van der Waals surface area contributed by atoms with E-state index in [1.54, 1.807) is 41.5 Å². The highest BCUT2D eigenvalue weighted by Crippen LogP contribution is 2.32. The van der Waals surface area contributed by atoms with Crippen LogP contribution in [0.3, 0.4) is 0 Å². The van der Waals surface area contributed by atoms with Gasteiger partial charge in [-0.05, 0) is 30.0 Å². The lowest BCUT2D eigenvalue weighted by Gasteiger charge is -2.10. The molecule has 0 aliphatic rings. The molecule has 29 heavy (non-hydrogen) atoms. The van der Waals surface area contributed by atoms with E-state index in [1.807, 2.05) is 24.3 Å². The summed E-state index contributed by atoms with van der Waals surface area (Å²) in [4.78, 5) is 4.76. The number of hydrogen-bond donors (Lipinski definition) is 0. The maximum absolute atomic E-state index is 6.41. The van der Waals surface area contributed by atoms with Gasteiger partial charge < -0.3 is 9.30 Å². The quantitative estimate of drug-likeness (QED) is 0.222. The van der Waals surface area contributed by atoms with Crippen molar-refractivity contribution in [3.05, 3.63) is 57.2 Å². The number of benzene rings is 1. The van der Waals surface area contributed by atoms with Gasteiger partial charge in [-0.3, -0.25) is 0 Å². The fourth-order valence-corrected chi connectivity index (χ4v) is 5.55. The van der Waals surface area contributed by atoms with Crippen LogP contribution in [0.2, 0.25) is 5.02 Å². The molecule has 0 bridgehead atoms. The highest BCUT2D eigenvalue weighted by molar-refractivity contribution is 7.98. The summed E-state index contributed by atoms with van der Waals surface area (Å²) in [7, 11) is 1.71. The normalized spacial score (nSPS) is 11.2. The smallest absolute Gasteiger partial charge is 0.191 e. The van der Waals surface area contributed by atoms with Gasteiger partial charge in [-0.1, -0.05) is 35.5 Å². The van der Waals surface area contributed by atoms with Crippen molar-refractivity contribution in [3.8, 4) is 22.0 Å². The van der Waals surface area contributed by atoms with Gasteiger partial charge in [0.15, 0.2) is 11.0 Å². The fourth-order valence-electron chi connectivity index (χ4n) is 2.84. The van der Waals surface area contributed by atoms with E-state index in [0.717, 1.165) is 46.0 Å². The van der Waals surface area contributed by atoms with Crippen molar-refractivity contribution in [3.63, 3.8) is 0 Å². The van der Waals surface area contributed by atoms with Crippen LogP contribution in [-0.2, 0) is 17.0 Å². The number of thiazole rings is 1. The van der Waals surface area contributed by atoms with Crippen LogP contribution in [0.4, 0.5) is 0 Å². The monoisotopic (exact) mass is 462 g/mol. The SMILES string of the molecule is COCCCn1c(SCc2csc(-c3ccsc3)n2)nnc1-c1ccccc1Cl. The van der Waals surface area contributed by atoms with E-state index in [1.165, 1.54) is 5.56 Å². The maximum atomic E-state index is 6.41. The molecule has 4 rings (SSSR count). The van der Waals surface area contributed by atoms with Crippen molar-refractivity contribution in [2.75, 3.05) is 13.7 Å². The van der Waals surface area contributed by atoms with Gasteiger partial charge in [0.2, 0.25) is 0 Å². The third kappa shape index (κ3) is 4.90. The number of hydrogen-bond acceptors (Lipinski definition) is 7. The Kier molecular flexibility index (Phi) is 6.99. The Morgan fingerprint density at radius 2 is 2.07 bits per heavy atom. The van der Waals surface area contributed by atoms with Crippen LogP contribution in [0.15, 0.2) is 51.6 Å². The number of nitrogens with zero attached hydrogens (tertiary/aromatic N) is 4. The average Bonchev–Trinajstić information content (AvgIpc) is 3.48. The predicted octanol–water partition coefficient (Wildman–Crippen LogP) is 6.11. The van der Waals surface area contributed by atoms with Crippen LogP contribution < -0.4 is 0 Å². The summed E-state index contributed by atoms with van der Waals surface area (Å²) < 4.78 is 7.34. The molecule has 5 nitrogen and oxygen atoms in total. The zero-order valence-corrected chi connectivity index (χ0v) is 19.0. The predicted molar refractivity (Wildman–Crippen MR) is 122 cm³/mol. The Morgan fingerprint density at radius 1 is 1.17 bits per heavy atom. The Morgan fingerprint density at radius 3 is 2.86 bits per heavy atom. The van der Waals surface area contributed by atoms with E-state index in [4.69, 9.17) is 21.3 Å². The van der Waals surface area contributed by atoms with Crippen LogP contribution in [0.25, 0.3) is 22.0 Å². The van der Waals surface area contributed by atoms with Gasteiger partial charge >= 0.3 is 0 Å². The molecule has 0 unspecified atom stereocenters. The summed E-state index contributed by atoms with van der Waals surface area (Å²) in [5, 5.41) is 17.8. The molecule has 0 atom stereocenters. The van der Waals surface area contributed by atoms with E-state index in [2.05, 4.69) is 37.0 Å². The highest BCUT2D eigenvalue weighted by atomic mass is 35.5. The van der Waals surface area contributed by atoms with Gasteiger partial charge in [0.1, 0.15) is 5.01 Å². The number of thioether (sulfide) groups is 1. The van der Waals surface area contributed by atoms with Crippen molar-refractivity contribution < 1.29 is 4.74 Å². The van der Waals surface area contributed by atoms with Crippen molar-refractivity contribution in [2.24, 2.45) is 0 Å². The molecule has 1 aromatic carbocycles. The van der Waals surface area contributed by atoms with Crippen LogP contribution >= 0.6 is 46.0 Å². The number of rotatable bonds is 9. The lowest BCUT2D eigenvalue weighted by atomic mass is 10.2. The lowest BCUT2D eigenvalue weighted by Crippen LogP contribution is -2.05. The Bertz CT molecular complexity index is 1060. The van der Waals surface area contributed by atoms with Gasteiger partial charge in [-0.15, -0.1) is 21.5 Å². The molecule has 0 saturated carbocycles. The Hall–Kier alpha value is -1.71. The van der Waals surface area contributed by atoms with E-state index < -0.39 is 0 Å². The molecule has 3 heterocycles. The highest BCUT2D eigenvalue weighted by Gasteiger charge is 2.17. The second kappa shape index (κ2) is 9.86. The number of ether oxygens (including phenoxy) is 1. The van der Waals surface area contributed by atoms with Gasteiger partial charge in [0.25, 0.3) is 0 Å². The third-order valence-corrected chi connectivity index (χ3v) is 7.18. The van der Waals surface area contributed by atoms with E-state index in [-0.39, 0.29) is 0 Å². The van der Waals surface area contributed by atoms with Crippen LogP contribution in [-0.4, -0.2) is 33.5 Å². The van der Waals surface area contributed by atoms with Gasteiger partial charge in [0.05, 0.1) is 10.7 Å². The Labute approximate surface area is 186 Å². The van der Waals surface area contributed by atoms with Gasteiger partial charge in [-0.2, -0.15) is 11.3 Å². The Balaban J connectivity index is 1.54. The van der Waals surface area contributed by atoms with Crippen LogP contribution in [0, 0.1) is 0 Å². The van der Waals surface area contributed by atoms with E-state index in [9.17, 15) is 0 Å². The molecular weight excluding hydrogens is 444 g/mol. The minimum absolute atomic E-state index is 0.671. The number of methoxy groups -OCH3 is 1. The topological polar surface area (TPSA) is 52.8 Å².